The fourth-order valence-corrected chi connectivity index (χ4v) is 3.54. The van der Waals surface area contributed by atoms with Crippen molar-refractivity contribution in [1.29, 1.82) is 0 Å². The summed E-state index contributed by atoms with van der Waals surface area (Å²) in [6.07, 6.45) is 0.699. The van der Waals surface area contributed by atoms with Crippen LogP contribution in [-0.2, 0) is 9.53 Å². The van der Waals surface area contributed by atoms with Gasteiger partial charge in [0, 0.05) is 31.2 Å². The molecule has 2 amide bonds. The molecule has 15 heteroatoms. The number of anilines is 2. The van der Waals surface area contributed by atoms with Gasteiger partial charge in [0.05, 0.1) is 16.6 Å². The van der Waals surface area contributed by atoms with Crippen LogP contribution in [0.25, 0.3) is 0 Å². The van der Waals surface area contributed by atoms with Gasteiger partial charge in [-0.3, -0.25) is 25.8 Å². The van der Waals surface area contributed by atoms with E-state index in [1.807, 2.05) is 0 Å². The van der Waals surface area contributed by atoms with Crippen molar-refractivity contribution in [2.75, 3.05) is 49.7 Å². The molecule has 0 bridgehead atoms. The Bertz CT molecular complexity index is 1070. The summed E-state index contributed by atoms with van der Waals surface area (Å²) in [6, 6.07) is 4.53. The Hall–Kier alpha value is -3.58. The maximum Gasteiger partial charge on any atom is 0.409 e. The largest absolute Gasteiger partial charge is 0.482 e. The number of ether oxygens (including phenoxy) is 2. The van der Waals surface area contributed by atoms with Gasteiger partial charge in [-0.2, -0.15) is 0 Å². The minimum Gasteiger partial charge on any atom is -0.482 e. The number of hydrazine groups is 1. The second-order valence-electron chi connectivity index (χ2n) is 6.86. The quantitative estimate of drug-likeness (QED) is 0.397. The molecule has 2 N–H and O–H groups in total. The Morgan fingerprint density at radius 3 is 2.59 bits per heavy atom. The third-order valence-electron chi connectivity index (χ3n) is 4.66. The summed E-state index contributed by atoms with van der Waals surface area (Å²) in [6.45, 7) is 2.78. The molecule has 2 heterocycles. The molecule has 0 saturated carbocycles. The summed E-state index contributed by atoms with van der Waals surface area (Å²) in [7, 11) is 0. The van der Waals surface area contributed by atoms with Crippen molar-refractivity contribution in [1.82, 2.24) is 20.3 Å². The lowest BCUT2D eigenvalue weighted by Gasteiger charge is -2.34. The monoisotopic (exact) mass is 513 g/mol. The maximum absolute atomic E-state index is 12.1. The van der Waals surface area contributed by atoms with E-state index in [1.165, 1.54) is 17.0 Å². The van der Waals surface area contributed by atoms with E-state index in [4.69, 9.17) is 32.7 Å². The molecule has 1 aromatic carbocycles. The van der Waals surface area contributed by atoms with Crippen molar-refractivity contribution in [3.8, 4) is 5.75 Å². The van der Waals surface area contributed by atoms with Crippen LogP contribution in [0.5, 0.6) is 5.75 Å². The first-order valence-electron chi connectivity index (χ1n) is 10.1. The van der Waals surface area contributed by atoms with E-state index in [-0.39, 0.29) is 29.0 Å². The van der Waals surface area contributed by atoms with E-state index >= 15 is 0 Å². The normalized spacial score (nSPS) is 13.3. The molecule has 1 aromatic heterocycles. The molecule has 1 aliphatic heterocycles. The van der Waals surface area contributed by atoms with E-state index in [0.29, 0.717) is 31.2 Å². The van der Waals surface area contributed by atoms with Gasteiger partial charge < -0.3 is 19.3 Å². The Morgan fingerprint density at radius 2 is 1.94 bits per heavy atom. The number of benzene rings is 1. The number of carbonyl (C=O) groups is 2. The Morgan fingerprint density at radius 1 is 1.21 bits per heavy atom. The van der Waals surface area contributed by atoms with Crippen molar-refractivity contribution in [2.24, 2.45) is 0 Å². The fourth-order valence-electron chi connectivity index (χ4n) is 3.08. The molecule has 0 spiro atoms. The molecule has 182 valence electrons. The number of nitrogens with zero attached hydrogens (tertiary/aromatic N) is 5. The van der Waals surface area contributed by atoms with Gasteiger partial charge in [0.2, 0.25) is 11.6 Å². The van der Waals surface area contributed by atoms with Crippen LogP contribution in [0.1, 0.15) is 6.92 Å². The lowest BCUT2D eigenvalue weighted by atomic mass is 10.3. The van der Waals surface area contributed by atoms with Gasteiger partial charge >= 0.3 is 11.8 Å². The number of hydrogen-bond donors (Lipinski definition) is 2. The summed E-state index contributed by atoms with van der Waals surface area (Å²) in [5.74, 6) is -0.535. The first-order chi connectivity index (χ1) is 16.3. The van der Waals surface area contributed by atoms with Gasteiger partial charge in [-0.1, -0.05) is 23.2 Å². The van der Waals surface area contributed by atoms with Crippen molar-refractivity contribution >= 4 is 52.5 Å². The van der Waals surface area contributed by atoms with Gasteiger partial charge in [-0.25, -0.2) is 14.8 Å². The summed E-state index contributed by atoms with van der Waals surface area (Å²) in [5, 5.41) is 12.4. The molecular weight excluding hydrogens is 493 g/mol. The van der Waals surface area contributed by atoms with Crippen molar-refractivity contribution in [3.63, 3.8) is 0 Å². The minimum absolute atomic E-state index is 0.0597. The predicted molar refractivity (Wildman–Crippen MR) is 123 cm³/mol. The number of amides is 2. The van der Waals surface area contributed by atoms with Crippen LogP contribution in [0, 0.1) is 10.1 Å². The van der Waals surface area contributed by atoms with Crippen LogP contribution in [0.3, 0.4) is 0 Å². The zero-order chi connectivity index (χ0) is 24.7. The zero-order valence-electron chi connectivity index (χ0n) is 18.0. The summed E-state index contributed by atoms with van der Waals surface area (Å²) >= 11 is 11.8. The Balaban J connectivity index is 1.63. The molecule has 13 nitrogen and oxygen atoms in total. The molecule has 0 unspecified atom stereocenters. The van der Waals surface area contributed by atoms with E-state index in [9.17, 15) is 19.7 Å². The Kier molecular flexibility index (Phi) is 8.49. The number of nitro groups is 1. The van der Waals surface area contributed by atoms with Crippen molar-refractivity contribution in [3.05, 3.63) is 44.7 Å². The topological polar surface area (TPSA) is 152 Å². The number of hydrogen-bond acceptors (Lipinski definition) is 10. The van der Waals surface area contributed by atoms with Gasteiger partial charge in [-0.15, -0.1) is 0 Å². The zero-order valence-corrected chi connectivity index (χ0v) is 19.5. The lowest BCUT2D eigenvalue weighted by molar-refractivity contribution is -0.383. The first-order valence-corrected chi connectivity index (χ1v) is 10.8. The number of rotatable bonds is 8. The minimum atomic E-state index is -0.647. The highest BCUT2D eigenvalue weighted by Gasteiger charge is 2.30. The molecule has 2 aromatic rings. The van der Waals surface area contributed by atoms with Gasteiger partial charge in [-0.05, 0) is 25.1 Å². The van der Waals surface area contributed by atoms with E-state index in [1.54, 1.807) is 17.9 Å². The van der Waals surface area contributed by atoms with Gasteiger partial charge in [0.25, 0.3) is 5.91 Å². The van der Waals surface area contributed by atoms with E-state index in [2.05, 4.69) is 20.8 Å². The molecule has 0 atom stereocenters. The number of carbonyl (C=O) groups excluding carboxylic acids is 2. The second kappa shape index (κ2) is 11.5. The van der Waals surface area contributed by atoms with Gasteiger partial charge in [0.15, 0.2) is 6.61 Å². The van der Waals surface area contributed by atoms with E-state index < -0.39 is 29.2 Å². The van der Waals surface area contributed by atoms with Crippen molar-refractivity contribution in [2.45, 2.75) is 6.92 Å². The molecule has 0 aliphatic carbocycles. The lowest BCUT2D eigenvalue weighted by Crippen LogP contribution is -2.49. The molecule has 0 radical (unpaired) electrons. The van der Waals surface area contributed by atoms with Crippen LogP contribution in [-0.4, -0.2) is 71.2 Å². The van der Waals surface area contributed by atoms with Crippen LogP contribution in [0.15, 0.2) is 24.5 Å². The maximum atomic E-state index is 12.1. The standard InChI is InChI=1S/C19H21Cl2N7O6/c1-2-33-19(30)27-7-5-26(6-8-27)18-16(28(31)32)17(22-11-23-18)25-24-15(29)10-34-14-4-3-12(20)9-13(14)21/h3-4,9,11H,2,5-8,10H2,1H3,(H,24,29)(H,22,23,25). The van der Waals surface area contributed by atoms with Crippen LogP contribution in [0.2, 0.25) is 10.0 Å². The number of halogens is 2. The summed E-state index contributed by atoms with van der Waals surface area (Å²) < 4.78 is 10.3. The van der Waals surface area contributed by atoms with Crippen molar-refractivity contribution < 1.29 is 24.0 Å². The molecular formula is C19H21Cl2N7O6. The SMILES string of the molecule is CCOC(=O)N1CCN(c2ncnc(NNC(=O)COc3ccc(Cl)cc3Cl)c2[N+](=O)[O-])CC1. The average molecular weight is 514 g/mol. The van der Waals surface area contributed by atoms with E-state index in [0.717, 1.165) is 6.33 Å². The molecule has 3 rings (SSSR count). The Labute approximate surface area is 204 Å². The van der Waals surface area contributed by atoms with Crippen LogP contribution < -0.4 is 20.5 Å². The first kappa shape index (κ1) is 25.1. The van der Waals surface area contributed by atoms with Gasteiger partial charge in [0.1, 0.15) is 12.1 Å². The van der Waals surface area contributed by atoms with Crippen LogP contribution in [0.4, 0.5) is 22.1 Å². The predicted octanol–water partition coefficient (Wildman–Crippen LogP) is 2.49. The fraction of sp³-hybridized carbons (Fsp3) is 0.368. The average Bonchev–Trinajstić information content (AvgIpc) is 2.82. The molecule has 34 heavy (non-hydrogen) atoms. The second-order valence-corrected chi connectivity index (χ2v) is 7.70. The number of nitrogens with one attached hydrogen (secondary N) is 2. The molecule has 1 aliphatic rings. The highest BCUT2D eigenvalue weighted by molar-refractivity contribution is 6.35. The smallest absolute Gasteiger partial charge is 0.409 e. The third kappa shape index (κ3) is 6.26. The highest BCUT2D eigenvalue weighted by atomic mass is 35.5. The molecule has 1 fully saturated rings. The summed E-state index contributed by atoms with van der Waals surface area (Å²) in [4.78, 5) is 46.2. The molecule has 1 saturated heterocycles. The van der Waals surface area contributed by atoms with Crippen LogP contribution >= 0.6 is 23.2 Å². The number of piperazine rings is 1. The number of aromatic nitrogens is 2. The third-order valence-corrected chi connectivity index (χ3v) is 5.19. The summed E-state index contributed by atoms with van der Waals surface area (Å²) in [5.41, 5.74) is 4.31. The highest BCUT2D eigenvalue weighted by Crippen LogP contribution is 2.32.